The summed E-state index contributed by atoms with van der Waals surface area (Å²) in [6.07, 6.45) is 1.84. The molecule has 3 aromatic carbocycles. The Morgan fingerprint density at radius 2 is 1.68 bits per heavy atom. The first kappa shape index (κ1) is 21.1. The fourth-order valence-electron chi connectivity index (χ4n) is 3.39. The standard InChI is InChI=1S/C25H25NO4S/c27-25(13-11-19-10-12-23-24(17-19)30-15-5-14-29-23)26-21-7-4-6-20(16-21)18-31(28)22-8-2-1-3-9-22/h1-4,6-10,12,16-17H,5,11,13-15,18H2,(H,26,27). The number of nitrogens with one attached hydrogen (secondary N) is 1. The van der Waals surface area contributed by atoms with Crippen LogP contribution in [0.25, 0.3) is 0 Å². The third kappa shape index (κ3) is 5.95. The molecule has 31 heavy (non-hydrogen) atoms. The Bertz CT molecular complexity index is 1070. The second kappa shape index (κ2) is 10.3. The number of ether oxygens (including phenoxy) is 2. The van der Waals surface area contributed by atoms with Crippen molar-refractivity contribution in [3.8, 4) is 11.5 Å². The molecule has 1 aliphatic rings. The van der Waals surface area contributed by atoms with E-state index in [-0.39, 0.29) is 5.91 Å². The quantitative estimate of drug-likeness (QED) is 0.583. The van der Waals surface area contributed by atoms with Crippen molar-refractivity contribution in [3.05, 3.63) is 83.9 Å². The molecule has 0 bridgehead atoms. The van der Waals surface area contributed by atoms with Crippen molar-refractivity contribution in [1.29, 1.82) is 0 Å². The summed E-state index contributed by atoms with van der Waals surface area (Å²) < 4.78 is 23.9. The number of anilines is 1. The van der Waals surface area contributed by atoms with Crippen LogP contribution in [-0.4, -0.2) is 23.3 Å². The van der Waals surface area contributed by atoms with Crippen molar-refractivity contribution >= 4 is 22.4 Å². The lowest BCUT2D eigenvalue weighted by molar-refractivity contribution is -0.116. The van der Waals surface area contributed by atoms with Crippen LogP contribution >= 0.6 is 0 Å². The summed E-state index contributed by atoms with van der Waals surface area (Å²) in [6.45, 7) is 1.30. The minimum Gasteiger partial charge on any atom is -0.490 e. The highest BCUT2D eigenvalue weighted by Gasteiger charge is 2.12. The number of aryl methyl sites for hydroxylation is 1. The zero-order chi connectivity index (χ0) is 21.5. The molecule has 0 fully saturated rings. The first-order valence-corrected chi connectivity index (χ1v) is 11.7. The van der Waals surface area contributed by atoms with Crippen LogP contribution in [0.15, 0.2) is 77.7 Å². The van der Waals surface area contributed by atoms with Gasteiger partial charge >= 0.3 is 0 Å². The van der Waals surface area contributed by atoms with Gasteiger partial charge in [-0.25, -0.2) is 0 Å². The summed E-state index contributed by atoms with van der Waals surface area (Å²) >= 11 is 0. The number of rotatable bonds is 7. The Morgan fingerprint density at radius 1 is 0.871 bits per heavy atom. The van der Waals surface area contributed by atoms with E-state index in [1.165, 1.54) is 0 Å². The molecular weight excluding hydrogens is 410 g/mol. The largest absolute Gasteiger partial charge is 0.490 e. The van der Waals surface area contributed by atoms with Crippen LogP contribution < -0.4 is 14.8 Å². The Hall–Kier alpha value is -3.12. The van der Waals surface area contributed by atoms with E-state index >= 15 is 0 Å². The Kier molecular flexibility index (Phi) is 6.99. The first-order chi connectivity index (χ1) is 15.2. The molecule has 6 heteroatoms. The van der Waals surface area contributed by atoms with Crippen LogP contribution in [0.4, 0.5) is 5.69 Å². The summed E-state index contributed by atoms with van der Waals surface area (Å²) in [5, 5.41) is 2.94. The third-order valence-electron chi connectivity index (χ3n) is 4.97. The van der Waals surface area contributed by atoms with Gasteiger partial charge in [-0.15, -0.1) is 0 Å². The van der Waals surface area contributed by atoms with E-state index < -0.39 is 10.8 Å². The van der Waals surface area contributed by atoms with Gasteiger partial charge < -0.3 is 14.8 Å². The Balaban J connectivity index is 1.32. The monoisotopic (exact) mass is 435 g/mol. The Morgan fingerprint density at radius 3 is 2.52 bits per heavy atom. The van der Waals surface area contributed by atoms with Gasteiger partial charge in [0, 0.05) is 23.4 Å². The molecule has 4 rings (SSSR count). The van der Waals surface area contributed by atoms with Crippen molar-refractivity contribution in [2.75, 3.05) is 18.5 Å². The molecule has 5 nitrogen and oxygen atoms in total. The molecule has 1 N–H and O–H groups in total. The predicted octanol–water partition coefficient (Wildman–Crippen LogP) is 4.73. The number of amides is 1. The van der Waals surface area contributed by atoms with Gasteiger partial charge in [0.1, 0.15) is 0 Å². The number of carbonyl (C=O) groups excluding carboxylic acids is 1. The maximum Gasteiger partial charge on any atom is 0.224 e. The first-order valence-electron chi connectivity index (χ1n) is 10.4. The van der Waals surface area contributed by atoms with Crippen LogP contribution in [0.3, 0.4) is 0 Å². The smallest absolute Gasteiger partial charge is 0.224 e. The molecule has 3 aromatic rings. The average Bonchev–Trinajstić information content (AvgIpc) is 3.03. The average molecular weight is 436 g/mol. The second-order valence-corrected chi connectivity index (χ2v) is 8.83. The van der Waals surface area contributed by atoms with Crippen molar-refractivity contribution in [3.63, 3.8) is 0 Å². The molecule has 1 heterocycles. The number of carbonyl (C=O) groups is 1. The van der Waals surface area contributed by atoms with Gasteiger partial charge in [-0.2, -0.15) is 0 Å². The molecule has 1 unspecified atom stereocenters. The lowest BCUT2D eigenvalue weighted by atomic mass is 10.1. The lowest BCUT2D eigenvalue weighted by Crippen LogP contribution is -2.12. The fraction of sp³-hybridized carbons (Fsp3) is 0.240. The minimum atomic E-state index is -1.12. The van der Waals surface area contributed by atoms with Crippen LogP contribution in [-0.2, 0) is 27.8 Å². The summed E-state index contributed by atoms with van der Waals surface area (Å²) in [5.74, 6) is 1.85. The summed E-state index contributed by atoms with van der Waals surface area (Å²) in [4.78, 5) is 13.3. The number of hydrogen-bond donors (Lipinski definition) is 1. The minimum absolute atomic E-state index is 0.0616. The fourth-order valence-corrected chi connectivity index (χ4v) is 4.50. The van der Waals surface area contributed by atoms with E-state index in [0.717, 1.165) is 33.9 Å². The van der Waals surface area contributed by atoms with Crippen molar-refractivity contribution in [1.82, 2.24) is 0 Å². The molecule has 1 amide bonds. The molecule has 0 spiro atoms. The SMILES string of the molecule is O=C(CCc1ccc2c(c1)OCCCO2)Nc1cccc(CS(=O)c2ccccc2)c1. The third-order valence-corrected chi connectivity index (χ3v) is 6.36. The molecule has 0 aliphatic carbocycles. The highest BCUT2D eigenvalue weighted by atomic mass is 32.2. The van der Waals surface area contributed by atoms with Crippen LogP contribution in [0, 0.1) is 0 Å². The molecule has 0 radical (unpaired) electrons. The molecule has 160 valence electrons. The number of benzene rings is 3. The van der Waals surface area contributed by atoms with E-state index in [2.05, 4.69) is 5.32 Å². The van der Waals surface area contributed by atoms with E-state index in [9.17, 15) is 9.00 Å². The summed E-state index contributed by atoms with van der Waals surface area (Å²) in [7, 11) is -1.12. The zero-order valence-electron chi connectivity index (χ0n) is 17.2. The van der Waals surface area contributed by atoms with Gasteiger partial charge in [-0.3, -0.25) is 9.00 Å². The maximum atomic E-state index is 12.5. The normalized spacial score (nSPS) is 13.8. The van der Waals surface area contributed by atoms with Crippen molar-refractivity contribution in [2.45, 2.75) is 29.9 Å². The molecule has 1 atom stereocenters. The lowest BCUT2D eigenvalue weighted by Gasteiger charge is -2.10. The van der Waals surface area contributed by atoms with Crippen LogP contribution in [0.2, 0.25) is 0 Å². The van der Waals surface area contributed by atoms with Gasteiger partial charge in [-0.05, 0) is 53.9 Å². The summed E-state index contributed by atoms with van der Waals surface area (Å²) in [5.41, 5.74) is 2.67. The molecular formula is C25H25NO4S. The molecule has 0 aromatic heterocycles. The van der Waals surface area contributed by atoms with Gasteiger partial charge in [0.2, 0.25) is 5.91 Å². The second-order valence-electron chi connectivity index (χ2n) is 7.38. The molecule has 0 saturated carbocycles. The van der Waals surface area contributed by atoms with E-state index in [4.69, 9.17) is 9.47 Å². The van der Waals surface area contributed by atoms with Crippen molar-refractivity contribution in [2.24, 2.45) is 0 Å². The molecule has 1 aliphatic heterocycles. The zero-order valence-corrected chi connectivity index (χ0v) is 18.0. The van der Waals surface area contributed by atoms with Crippen LogP contribution in [0.5, 0.6) is 11.5 Å². The van der Waals surface area contributed by atoms with E-state index in [0.29, 0.717) is 37.5 Å². The number of hydrogen-bond acceptors (Lipinski definition) is 4. The Labute approximate surface area is 184 Å². The van der Waals surface area contributed by atoms with E-state index in [1.807, 2.05) is 72.8 Å². The van der Waals surface area contributed by atoms with Gasteiger partial charge in [0.25, 0.3) is 0 Å². The van der Waals surface area contributed by atoms with E-state index in [1.54, 1.807) is 0 Å². The highest BCUT2D eigenvalue weighted by Crippen LogP contribution is 2.30. The van der Waals surface area contributed by atoms with Crippen molar-refractivity contribution < 1.29 is 18.5 Å². The predicted molar refractivity (Wildman–Crippen MR) is 122 cm³/mol. The molecule has 0 saturated heterocycles. The topological polar surface area (TPSA) is 64.6 Å². The highest BCUT2D eigenvalue weighted by molar-refractivity contribution is 7.84. The maximum absolute atomic E-state index is 12.5. The van der Waals surface area contributed by atoms with Gasteiger partial charge in [0.15, 0.2) is 11.5 Å². The number of fused-ring (bicyclic) bond motifs is 1. The summed E-state index contributed by atoms with van der Waals surface area (Å²) in [6, 6.07) is 22.8. The van der Waals surface area contributed by atoms with Crippen LogP contribution in [0.1, 0.15) is 24.0 Å². The van der Waals surface area contributed by atoms with Gasteiger partial charge in [0.05, 0.1) is 29.8 Å². The van der Waals surface area contributed by atoms with Gasteiger partial charge in [-0.1, -0.05) is 36.4 Å².